The van der Waals surface area contributed by atoms with Crippen molar-refractivity contribution in [1.82, 2.24) is 10.2 Å². The number of esters is 1. The van der Waals surface area contributed by atoms with E-state index in [1.165, 1.54) is 6.07 Å². The number of piperidine rings is 1. The van der Waals surface area contributed by atoms with Gasteiger partial charge in [-0.3, -0.25) is 14.4 Å². The number of hydrogen-bond donors (Lipinski definition) is 1. The van der Waals surface area contributed by atoms with E-state index in [2.05, 4.69) is 5.32 Å². The first-order valence-electron chi connectivity index (χ1n) is 9.94. The first kappa shape index (κ1) is 23.5. The maximum atomic E-state index is 13.1. The summed E-state index contributed by atoms with van der Waals surface area (Å²) < 4.78 is 5.08. The number of hydrogen-bond acceptors (Lipinski definition) is 4. The number of likely N-dealkylation sites (tertiary alicyclic amines) is 1. The molecule has 1 fully saturated rings. The van der Waals surface area contributed by atoms with Crippen LogP contribution in [0.25, 0.3) is 0 Å². The quantitative estimate of drug-likeness (QED) is 0.648. The molecule has 1 aliphatic rings. The number of amides is 2. The second-order valence-corrected chi connectivity index (χ2v) is 8.48. The molecule has 1 aromatic carbocycles. The summed E-state index contributed by atoms with van der Waals surface area (Å²) in [6.07, 6.45) is 1.64. The minimum absolute atomic E-state index is 0.139. The van der Waals surface area contributed by atoms with Gasteiger partial charge in [0.1, 0.15) is 6.04 Å². The molecule has 0 spiro atoms. The Kier molecular flexibility index (Phi) is 8.78. The Morgan fingerprint density at radius 2 is 1.86 bits per heavy atom. The van der Waals surface area contributed by atoms with Crippen LogP contribution in [0.15, 0.2) is 18.2 Å². The summed E-state index contributed by atoms with van der Waals surface area (Å²) in [6, 6.07) is 3.97. The maximum Gasteiger partial charge on any atom is 0.309 e. The molecule has 1 saturated heterocycles. The van der Waals surface area contributed by atoms with Gasteiger partial charge < -0.3 is 15.0 Å². The van der Waals surface area contributed by atoms with E-state index < -0.39 is 11.9 Å². The van der Waals surface area contributed by atoms with Gasteiger partial charge in [0.25, 0.3) is 5.91 Å². The van der Waals surface area contributed by atoms with E-state index in [0.717, 1.165) is 0 Å². The van der Waals surface area contributed by atoms with Gasteiger partial charge in [0.05, 0.1) is 23.1 Å². The molecule has 8 heteroatoms. The highest BCUT2D eigenvalue weighted by Crippen LogP contribution is 2.23. The van der Waals surface area contributed by atoms with Gasteiger partial charge in [0.15, 0.2) is 0 Å². The Labute approximate surface area is 181 Å². The molecule has 2 amide bonds. The SMILES string of the molecule is CCOC(=O)C1CCN(C(=O)C(CC(C)C)NC(=O)c2ccc(Cl)cc2Cl)CC1. The normalized spacial score (nSPS) is 15.9. The lowest BCUT2D eigenvalue weighted by Crippen LogP contribution is -2.51. The fourth-order valence-corrected chi connectivity index (χ4v) is 3.91. The molecule has 0 aromatic heterocycles. The third-order valence-electron chi connectivity index (χ3n) is 4.91. The number of carbonyl (C=O) groups is 3. The fourth-order valence-electron chi connectivity index (χ4n) is 3.42. The summed E-state index contributed by atoms with van der Waals surface area (Å²) in [5, 5.41) is 3.50. The average Bonchev–Trinajstić information content (AvgIpc) is 2.66. The summed E-state index contributed by atoms with van der Waals surface area (Å²) >= 11 is 12.0. The molecule has 1 heterocycles. The zero-order valence-electron chi connectivity index (χ0n) is 17.0. The summed E-state index contributed by atoms with van der Waals surface area (Å²) in [7, 11) is 0. The van der Waals surface area contributed by atoms with E-state index in [0.29, 0.717) is 44.0 Å². The van der Waals surface area contributed by atoms with Gasteiger partial charge in [-0.1, -0.05) is 37.0 Å². The second kappa shape index (κ2) is 10.8. The second-order valence-electron chi connectivity index (χ2n) is 7.63. The monoisotopic (exact) mass is 442 g/mol. The van der Waals surface area contributed by atoms with Crippen LogP contribution in [0.4, 0.5) is 0 Å². The molecule has 1 unspecified atom stereocenters. The van der Waals surface area contributed by atoms with Gasteiger partial charge in [-0.2, -0.15) is 0 Å². The smallest absolute Gasteiger partial charge is 0.309 e. The summed E-state index contributed by atoms with van der Waals surface area (Å²) in [5.74, 6) is -0.720. The van der Waals surface area contributed by atoms with Crippen molar-refractivity contribution in [3.8, 4) is 0 Å². The number of halogens is 2. The van der Waals surface area contributed by atoms with Crippen molar-refractivity contribution in [2.24, 2.45) is 11.8 Å². The highest BCUT2D eigenvalue weighted by atomic mass is 35.5. The lowest BCUT2D eigenvalue weighted by atomic mass is 9.95. The molecule has 29 heavy (non-hydrogen) atoms. The molecule has 1 N–H and O–H groups in total. The van der Waals surface area contributed by atoms with Gasteiger partial charge in [0.2, 0.25) is 5.91 Å². The summed E-state index contributed by atoms with van der Waals surface area (Å²) in [4.78, 5) is 39.4. The van der Waals surface area contributed by atoms with Crippen LogP contribution < -0.4 is 5.32 Å². The first-order valence-corrected chi connectivity index (χ1v) is 10.7. The molecule has 0 radical (unpaired) electrons. The predicted octanol–water partition coefficient (Wildman–Crippen LogP) is 3.94. The van der Waals surface area contributed by atoms with E-state index in [1.54, 1.807) is 24.0 Å². The van der Waals surface area contributed by atoms with Crippen molar-refractivity contribution >= 4 is 41.0 Å². The molecule has 1 aromatic rings. The number of nitrogens with one attached hydrogen (secondary N) is 1. The number of ether oxygens (including phenoxy) is 1. The zero-order valence-corrected chi connectivity index (χ0v) is 18.6. The van der Waals surface area contributed by atoms with Crippen LogP contribution in [-0.2, 0) is 14.3 Å². The molecule has 1 atom stereocenters. The third kappa shape index (κ3) is 6.61. The van der Waals surface area contributed by atoms with E-state index in [4.69, 9.17) is 27.9 Å². The standard InChI is InChI=1S/C21H28Cl2N2O4/c1-4-29-21(28)14-7-9-25(10-8-14)20(27)18(11-13(2)3)24-19(26)16-6-5-15(22)12-17(16)23/h5-6,12-14,18H,4,7-11H2,1-3H3,(H,24,26). The van der Waals surface area contributed by atoms with E-state index in [1.807, 2.05) is 13.8 Å². The molecular weight excluding hydrogens is 415 g/mol. The molecule has 0 aliphatic carbocycles. The maximum absolute atomic E-state index is 13.1. The third-order valence-corrected chi connectivity index (χ3v) is 5.46. The Bertz CT molecular complexity index is 746. The lowest BCUT2D eigenvalue weighted by Gasteiger charge is -2.34. The lowest BCUT2D eigenvalue weighted by molar-refractivity contribution is -0.151. The van der Waals surface area contributed by atoms with Crippen molar-refractivity contribution in [3.63, 3.8) is 0 Å². The Morgan fingerprint density at radius 3 is 2.41 bits per heavy atom. The van der Waals surface area contributed by atoms with Crippen molar-refractivity contribution in [3.05, 3.63) is 33.8 Å². The van der Waals surface area contributed by atoms with Gasteiger partial charge in [-0.05, 0) is 50.3 Å². The van der Waals surface area contributed by atoms with Crippen molar-refractivity contribution in [2.75, 3.05) is 19.7 Å². The van der Waals surface area contributed by atoms with Crippen LogP contribution in [-0.4, -0.2) is 48.4 Å². The predicted molar refractivity (Wildman–Crippen MR) is 113 cm³/mol. The van der Waals surface area contributed by atoms with E-state index in [9.17, 15) is 14.4 Å². The van der Waals surface area contributed by atoms with Crippen molar-refractivity contribution in [1.29, 1.82) is 0 Å². The molecular formula is C21H28Cl2N2O4. The molecule has 1 aliphatic heterocycles. The molecule has 0 saturated carbocycles. The van der Waals surface area contributed by atoms with Crippen LogP contribution in [0.1, 0.15) is 50.4 Å². The molecule has 2 rings (SSSR count). The highest BCUT2D eigenvalue weighted by Gasteiger charge is 2.32. The minimum atomic E-state index is -0.659. The van der Waals surface area contributed by atoms with Gasteiger partial charge in [-0.15, -0.1) is 0 Å². The van der Waals surface area contributed by atoms with Crippen LogP contribution in [0.5, 0.6) is 0 Å². The van der Waals surface area contributed by atoms with Crippen LogP contribution >= 0.6 is 23.2 Å². The summed E-state index contributed by atoms with van der Waals surface area (Å²) in [6.45, 7) is 7.06. The number of carbonyl (C=O) groups excluding carboxylic acids is 3. The molecule has 6 nitrogen and oxygen atoms in total. The Hall–Kier alpha value is -1.79. The number of benzene rings is 1. The van der Waals surface area contributed by atoms with Crippen LogP contribution in [0.2, 0.25) is 10.0 Å². The van der Waals surface area contributed by atoms with Gasteiger partial charge in [-0.25, -0.2) is 0 Å². The van der Waals surface area contributed by atoms with Crippen LogP contribution in [0, 0.1) is 11.8 Å². The Morgan fingerprint density at radius 1 is 1.21 bits per heavy atom. The minimum Gasteiger partial charge on any atom is -0.466 e. The number of nitrogens with zero attached hydrogens (tertiary/aromatic N) is 1. The Balaban J connectivity index is 2.05. The molecule has 160 valence electrons. The largest absolute Gasteiger partial charge is 0.466 e. The highest BCUT2D eigenvalue weighted by molar-refractivity contribution is 6.36. The van der Waals surface area contributed by atoms with Crippen LogP contribution in [0.3, 0.4) is 0 Å². The zero-order chi connectivity index (χ0) is 21.6. The summed E-state index contributed by atoms with van der Waals surface area (Å²) in [5.41, 5.74) is 0.277. The number of rotatable bonds is 7. The first-order chi connectivity index (χ1) is 13.7. The van der Waals surface area contributed by atoms with Gasteiger partial charge >= 0.3 is 5.97 Å². The molecule has 0 bridgehead atoms. The van der Waals surface area contributed by atoms with Crippen molar-refractivity contribution < 1.29 is 19.1 Å². The van der Waals surface area contributed by atoms with E-state index >= 15 is 0 Å². The fraction of sp³-hybridized carbons (Fsp3) is 0.571. The van der Waals surface area contributed by atoms with Crippen molar-refractivity contribution in [2.45, 2.75) is 46.1 Å². The van der Waals surface area contributed by atoms with E-state index in [-0.39, 0.29) is 34.3 Å². The topological polar surface area (TPSA) is 75.7 Å². The van der Waals surface area contributed by atoms with Gasteiger partial charge in [0, 0.05) is 18.1 Å². The average molecular weight is 443 g/mol.